The summed E-state index contributed by atoms with van der Waals surface area (Å²) in [6, 6.07) is 0. The average molecular weight is 258 g/mol. The third-order valence-electron chi connectivity index (χ3n) is 2.74. The fourth-order valence-electron chi connectivity index (χ4n) is 1.89. The zero-order chi connectivity index (χ0) is 13.4. The Labute approximate surface area is 108 Å². The number of hydrogen-bond acceptors (Lipinski definition) is 4. The molecule has 1 fully saturated rings. The molecule has 6 heteroatoms. The molecule has 0 radical (unpaired) electrons. The third kappa shape index (κ3) is 4.09. The van der Waals surface area contributed by atoms with Gasteiger partial charge in [0.1, 0.15) is 0 Å². The van der Waals surface area contributed by atoms with Crippen LogP contribution in [0.3, 0.4) is 0 Å². The van der Waals surface area contributed by atoms with Crippen molar-refractivity contribution in [2.45, 2.75) is 39.5 Å². The number of hydrazine groups is 1. The van der Waals surface area contributed by atoms with Crippen LogP contribution in [0.1, 0.15) is 39.5 Å². The molecule has 0 aromatic carbocycles. The van der Waals surface area contributed by atoms with Gasteiger partial charge >= 0.3 is 12.2 Å². The minimum Gasteiger partial charge on any atom is -0.448 e. The molecule has 1 aliphatic heterocycles. The highest BCUT2D eigenvalue weighted by Crippen LogP contribution is 2.14. The molecule has 0 bridgehead atoms. The van der Waals surface area contributed by atoms with Crippen molar-refractivity contribution in [3.63, 3.8) is 0 Å². The standard InChI is InChI=1S/C12H22N2O4/c1-3-17-11(15)13-9-7-5-6-8-10-14(13)12(16)18-4-2/h3-10H2,1-2H3. The maximum absolute atomic E-state index is 11.8. The first kappa shape index (κ1) is 14.6. The summed E-state index contributed by atoms with van der Waals surface area (Å²) in [7, 11) is 0. The van der Waals surface area contributed by atoms with Crippen molar-refractivity contribution in [1.82, 2.24) is 10.0 Å². The van der Waals surface area contributed by atoms with Gasteiger partial charge < -0.3 is 9.47 Å². The summed E-state index contributed by atoms with van der Waals surface area (Å²) >= 11 is 0. The minimum atomic E-state index is -0.479. The van der Waals surface area contributed by atoms with Gasteiger partial charge in [0, 0.05) is 13.1 Å². The van der Waals surface area contributed by atoms with E-state index in [0.29, 0.717) is 26.3 Å². The lowest BCUT2D eigenvalue weighted by molar-refractivity contribution is -0.0252. The van der Waals surface area contributed by atoms with Gasteiger partial charge in [0.05, 0.1) is 13.2 Å². The second kappa shape index (κ2) is 7.79. The molecule has 1 aliphatic rings. The summed E-state index contributed by atoms with van der Waals surface area (Å²) in [6.07, 6.45) is 2.91. The fraction of sp³-hybridized carbons (Fsp3) is 0.833. The van der Waals surface area contributed by atoms with Gasteiger partial charge in [-0.25, -0.2) is 19.6 Å². The van der Waals surface area contributed by atoms with E-state index in [1.165, 1.54) is 10.0 Å². The Balaban J connectivity index is 2.74. The minimum absolute atomic E-state index is 0.298. The van der Waals surface area contributed by atoms with Gasteiger partial charge in [-0.3, -0.25) is 0 Å². The Hall–Kier alpha value is -1.46. The Bertz CT molecular complexity index is 255. The summed E-state index contributed by atoms with van der Waals surface area (Å²) in [6.45, 7) is 5.08. The van der Waals surface area contributed by atoms with Crippen molar-refractivity contribution in [2.24, 2.45) is 0 Å². The van der Waals surface area contributed by atoms with Crippen LogP contribution in [0.25, 0.3) is 0 Å². The average Bonchev–Trinajstić information content (AvgIpc) is 2.29. The summed E-state index contributed by atoms with van der Waals surface area (Å²) in [4.78, 5) is 23.7. The SMILES string of the molecule is CCOC(=O)N1CCCCCCN1C(=O)OCC. The van der Waals surface area contributed by atoms with E-state index in [-0.39, 0.29) is 0 Å². The van der Waals surface area contributed by atoms with Gasteiger partial charge in [-0.15, -0.1) is 0 Å². The first-order valence-corrected chi connectivity index (χ1v) is 6.59. The van der Waals surface area contributed by atoms with Crippen LogP contribution >= 0.6 is 0 Å². The number of rotatable bonds is 2. The summed E-state index contributed by atoms with van der Waals surface area (Å²) in [5.41, 5.74) is 0. The molecular weight excluding hydrogens is 236 g/mol. The molecule has 1 rings (SSSR count). The maximum Gasteiger partial charge on any atom is 0.428 e. The number of carbonyl (C=O) groups excluding carboxylic acids is 2. The fourth-order valence-corrected chi connectivity index (χ4v) is 1.89. The van der Waals surface area contributed by atoms with Gasteiger partial charge in [0.25, 0.3) is 0 Å². The monoisotopic (exact) mass is 258 g/mol. The van der Waals surface area contributed by atoms with E-state index in [2.05, 4.69) is 0 Å². The van der Waals surface area contributed by atoms with E-state index in [0.717, 1.165) is 25.7 Å². The van der Waals surface area contributed by atoms with Gasteiger partial charge in [-0.1, -0.05) is 12.8 Å². The molecule has 18 heavy (non-hydrogen) atoms. The van der Waals surface area contributed by atoms with Gasteiger partial charge in [-0.2, -0.15) is 0 Å². The molecule has 104 valence electrons. The van der Waals surface area contributed by atoms with Crippen molar-refractivity contribution >= 4 is 12.2 Å². The number of carbonyl (C=O) groups is 2. The second-order valence-corrected chi connectivity index (χ2v) is 4.06. The summed E-state index contributed by atoms with van der Waals surface area (Å²) < 4.78 is 9.95. The van der Waals surface area contributed by atoms with Crippen LogP contribution < -0.4 is 0 Å². The Morgan fingerprint density at radius 3 is 1.56 bits per heavy atom. The van der Waals surface area contributed by atoms with Crippen LogP contribution in [0.4, 0.5) is 9.59 Å². The number of amides is 2. The quantitative estimate of drug-likeness (QED) is 0.763. The molecule has 0 aromatic heterocycles. The molecule has 0 spiro atoms. The van der Waals surface area contributed by atoms with Gasteiger partial charge in [0.15, 0.2) is 0 Å². The molecule has 0 N–H and O–H groups in total. The van der Waals surface area contributed by atoms with Crippen molar-refractivity contribution in [3.8, 4) is 0 Å². The van der Waals surface area contributed by atoms with Gasteiger partial charge in [-0.05, 0) is 26.7 Å². The van der Waals surface area contributed by atoms with Crippen molar-refractivity contribution in [3.05, 3.63) is 0 Å². The lowest BCUT2D eigenvalue weighted by Gasteiger charge is -2.34. The van der Waals surface area contributed by atoms with E-state index in [4.69, 9.17) is 9.47 Å². The van der Waals surface area contributed by atoms with Crippen molar-refractivity contribution in [2.75, 3.05) is 26.3 Å². The Morgan fingerprint density at radius 2 is 1.22 bits per heavy atom. The number of hydrogen-bond donors (Lipinski definition) is 0. The largest absolute Gasteiger partial charge is 0.448 e. The topological polar surface area (TPSA) is 59.1 Å². The molecule has 6 nitrogen and oxygen atoms in total. The molecule has 0 saturated carbocycles. The highest BCUT2D eigenvalue weighted by Gasteiger charge is 2.28. The molecule has 1 saturated heterocycles. The maximum atomic E-state index is 11.8. The zero-order valence-electron chi connectivity index (χ0n) is 11.2. The van der Waals surface area contributed by atoms with Crippen LogP contribution in [0.2, 0.25) is 0 Å². The summed E-state index contributed by atoms with van der Waals surface area (Å²) in [5, 5.41) is 2.72. The predicted octanol–water partition coefficient (Wildman–Crippen LogP) is 2.39. The Kier molecular flexibility index (Phi) is 6.32. The zero-order valence-corrected chi connectivity index (χ0v) is 11.2. The van der Waals surface area contributed by atoms with E-state index in [1.807, 2.05) is 0 Å². The van der Waals surface area contributed by atoms with E-state index >= 15 is 0 Å². The van der Waals surface area contributed by atoms with Crippen molar-refractivity contribution < 1.29 is 19.1 Å². The van der Waals surface area contributed by atoms with Crippen LogP contribution in [0.15, 0.2) is 0 Å². The lowest BCUT2D eigenvalue weighted by Crippen LogP contribution is -2.51. The third-order valence-corrected chi connectivity index (χ3v) is 2.74. The first-order chi connectivity index (χ1) is 8.70. The normalized spacial score (nSPS) is 16.8. The van der Waals surface area contributed by atoms with Gasteiger partial charge in [0.2, 0.25) is 0 Å². The Morgan fingerprint density at radius 1 is 0.833 bits per heavy atom. The molecule has 0 aromatic rings. The number of ether oxygens (including phenoxy) is 2. The van der Waals surface area contributed by atoms with E-state index in [9.17, 15) is 9.59 Å². The molecule has 0 aliphatic carbocycles. The lowest BCUT2D eigenvalue weighted by atomic mass is 10.1. The molecule has 2 amide bonds. The molecule has 0 atom stereocenters. The summed E-state index contributed by atoms with van der Waals surface area (Å²) in [5.74, 6) is 0. The second-order valence-electron chi connectivity index (χ2n) is 4.06. The molecular formula is C12H22N2O4. The highest BCUT2D eigenvalue weighted by atomic mass is 16.6. The molecule has 0 unspecified atom stereocenters. The van der Waals surface area contributed by atoms with Crippen molar-refractivity contribution in [1.29, 1.82) is 0 Å². The van der Waals surface area contributed by atoms with Crippen LogP contribution in [0.5, 0.6) is 0 Å². The van der Waals surface area contributed by atoms with Crippen LogP contribution in [-0.4, -0.2) is 48.5 Å². The highest BCUT2D eigenvalue weighted by molar-refractivity contribution is 5.74. The smallest absolute Gasteiger partial charge is 0.428 e. The first-order valence-electron chi connectivity index (χ1n) is 6.59. The van der Waals surface area contributed by atoms with E-state index in [1.54, 1.807) is 13.8 Å². The number of nitrogens with zero attached hydrogens (tertiary/aromatic N) is 2. The van der Waals surface area contributed by atoms with E-state index < -0.39 is 12.2 Å². The molecule has 1 heterocycles. The predicted molar refractivity (Wildman–Crippen MR) is 65.9 cm³/mol. The van der Waals surface area contributed by atoms with Crippen LogP contribution in [-0.2, 0) is 9.47 Å². The van der Waals surface area contributed by atoms with Crippen LogP contribution in [0, 0.1) is 0 Å².